The van der Waals surface area contributed by atoms with Gasteiger partial charge in [0.05, 0.1) is 0 Å². The maximum atomic E-state index is 3.68. The molecule has 1 heteroatoms. The van der Waals surface area contributed by atoms with Gasteiger partial charge in [-0.25, -0.2) is 0 Å². The van der Waals surface area contributed by atoms with E-state index >= 15 is 0 Å². The average molecular weight is 544 g/mol. The number of fused-ring (bicyclic) bond motifs is 3. The maximum Gasteiger partial charge on any atom is 0.0465 e. The summed E-state index contributed by atoms with van der Waals surface area (Å²) in [5.41, 5.74) is 13.4. The molecule has 0 saturated heterocycles. The van der Waals surface area contributed by atoms with E-state index in [9.17, 15) is 0 Å². The molecule has 1 nitrogen and oxygen atoms in total. The second-order valence-corrected chi connectivity index (χ2v) is 16.2. The largest absolute Gasteiger partial charge is 0.355 e. The van der Waals surface area contributed by atoms with E-state index in [1.807, 2.05) is 0 Å². The standard InChI is InChI=1S/C40H49N/c1-37(2,3)29-17-27(18-30(23-29)38(4,5)6)25-13-15-35-33(21-25)34-22-26(14-16-36(34)41-35)28-19-31(39(7,8)9)24-32(20-28)40(10,11)12/h13-24,41H,1-12H3. The molecular weight excluding hydrogens is 494 g/mol. The van der Waals surface area contributed by atoms with Crippen molar-refractivity contribution >= 4 is 21.8 Å². The third-order valence-electron chi connectivity index (χ3n) is 8.60. The van der Waals surface area contributed by atoms with Crippen LogP contribution in [0.15, 0.2) is 72.8 Å². The molecule has 0 amide bonds. The summed E-state index contributed by atoms with van der Waals surface area (Å²) in [6.45, 7) is 27.7. The first-order chi connectivity index (χ1) is 18.8. The molecule has 41 heavy (non-hydrogen) atoms. The molecule has 0 aliphatic heterocycles. The van der Waals surface area contributed by atoms with E-state index < -0.39 is 0 Å². The lowest BCUT2D eigenvalue weighted by atomic mass is 9.78. The fraction of sp³-hybridized carbons (Fsp3) is 0.400. The Bertz CT molecular complexity index is 1550. The first-order valence-corrected chi connectivity index (χ1v) is 15.2. The van der Waals surface area contributed by atoms with Crippen molar-refractivity contribution in [3.05, 3.63) is 95.1 Å². The Morgan fingerprint density at radius 1 is 0.341 bits per heavy atom. The van der Waals surface area contributed by atoms with Crippen molar-refractivity contribution in [2.24, 2.45) is 0 Å². The van der Waals surface area contributed by atoms with Crippen molar-refractivity contribution in [2.45, 2.75) is 105 Å². The van der Waals surface area contributed by atoms with Crippen LogP contribution < -0.4 is 0 Å². The van der Waals surface area contributed by atoms with E-state index in [0.29, 0.717) is 0 Å². The third kappa shape index (κ3) is 5.87. The molecule has 1 aromatic heterocycles. The average Bonchev–Trinajstić information content (AvgIpc) is 3.23. The summed E-state index contributed by atoms with van der Waals surface area (Å²) in [5.74, 6) is 0. The van der Waals surface area contributed by atoms with Gasteiger partial charge in [0, 0.05) is 21.8 Å². The topological polar surface area (TPSA) is 15.8 Å². The number of aromatic amines is 1. The van der Waals surface area contributed by atoms with Crippen LogP contribution in [0.25, 0.3) is 44.1 Å². The van der Waals surface area contributed by atoms with Crippen LogP contribution in [0.2, 0.25) is 0 Å². The second kappa shape index (κ2) is 9.62. The van der Waals surface area contributed by atoms with E-state index in [1.165, 1.54) is 66.3 Å². The van der Waals surface area contributed by atoms with Crippen molar-refractivity contribution in [1.29, 1.82) is 0 Å². The number of H-pyrrole nitrogens is 1. The van der Waals surface area contributed by atoms with Gasteiger partial charge in [-0.15, -0.1) is 0 Å². The van der Waals surface area contributed by atoms with Crippen LogP contribution in [0.3, 0.4) is 0 Å². The van der Waals surface area contributed by atoms with E-state index in [4.69, 9.17) is 0 Å². The zero-order valence-electron chi connectivity index (χ0n) is 27.4. The van der Waals surface area contributed by atoms with Gasteiger partial charge in [-0.2, -0.15) is 0 Å². The molecular formula is C40H49N. The van der Waals surface area contributed by atoms with Crippen LogP contribution in [0, 0.1) is 0 Å². The number of aromatic nitrogens is 1. The highest BCUT2D eigenvalue weighted by molar-refractivity contribution is 6.09. The van der Waals surface area contributed by atoms with Crippen molar-refractivity contribution in [3.63, 3.8) is 0 Å². The van der Waals surface area contributed by atoms with Crippen LogP contribution in [-0.4, -0.2) is 4.98 Å². The Morgan fingerprint density at radius 3 is 0.902 bits per heavy atom. The fourth-order valence-electron chi connectivity index (χ4n) is 5.58. The molecule has 0 fully saturated rings. The van der Waals surface area contributed by atoms with Gasteiger partial charge in [-0.3, -0.25) is 0 Å². The van der Waals surface area contributed by atoms with Crippen molar-refractivity contribution in [1.82, 2.24) is 4.98 Å². The summed E-state index contributed by atoms with van der Waals surface area (Å²) >= 11 is 0. The minimum absolute atomic E-state index is 0.0866. The highest BCUT2D eigenvalue weighted by Crippen LogP contribution is 2.38. The molecule has 4 aromatic carbocycles. The van der Waals surface area contributed by atoms with E-state index in [1.54, 1.807) is 0 Å². The minimum atomic E-state index is 0.0866. The van der Waals surface area contributed by atoms with Gasteiger partial charge < -0.3 is 4.98 Å². The Morgan fingerprint density at radius 2 is 0.634 bits per heavy atom. The predicted molar refractivity (Wildman–Crippen MR) is 181 cm³/mol. The molecule has 214 valence electrons. The third-order valence-corrected chi connectivity index (χ3v) is 8.60. The van der Waals surface area contributed by atoms with Gasteiger partial charge in [0.15, 0.2) is 0 Å². The molecule has 1 heterocycles. The first kappa shape index (κ1) is 29.2. The van der Waals surface area contributed by atoms with Crippen molar-refractivity contribution in [3.8, 4) is 22.3 Å². The Kier molecular flexibility index (Phi) is 6.85. The Labute approximate surface area is 248 Å². The molecule has 0 unspecified atom stereocenters. The number of hydrogen-bond donors (Lipinski definition) is 1. The van der Waals surface area contributed by atoms with E-state index in [-0.39, 0.29) is 21.7 Å². The quantitative estimate of drug-likeness (QED) is 0.228. The Balaban J connectivity index is 1.70. The van der Waals surface area contributed by atoms with Crippen LogP contribution in [-0.2, 0) is 21.7 Å². The molecule has 0 aliphatic rings. The number of benzene rings is 4. The lowest BCUT2D eigenvalue weighted by molar-refractivity contribution is 0.568. The van der Waals surface area contributed by atoms with Gasteiger partial charge in [-0.1, -0.05) is 132 Å². The lowest BCUT2D eigenvalue weighted by Gasteiger charge is -2.26. The molecule has 0 atom stereocenters. The minimum Gasteiger partial charge on any atom is -0.355 e. The summed E-state index contributed by atoms with van der Waals surface area (Å²) in [6.07, 6.45) is 0. The lowest BCUT2D eigenvalue weighted by Crippen LogP contribution is -2.16. The second-order valence-electron chi connectivity index (χ2n) is 16.2. The number of rotatable bonds is 2. The zero-order chi connectivity index (χ0) is 30.1. The smallest absolute Gasteiger partial charge is 0.0465 e. The van der Waals surface area contributed by atoms with Crippen LogP contribution >= 0.6 is 0 Å². The summed E-state index contributed by atoms with van der Waals surface area (Å²) in [4.78, 5) is 3.68. The zero-order valence-corrected chi connectivity index (χ0v) is 27.4. The Hall–Kier alpha value is -3.32. The SMILES string of the molecule is CC(C)(C)c1cc(-c2ccc3[nH]c4ccc(-c5cc(C(C)(C)C)cc(C(C)(C)C)c5)cc4c3c2)cc(C(C)(C)C)c1. The normalized spacial score (nSPS) is 13.4. The van der Waals surface area contributed by atoms with Gasteiger partial charge in [-0.05, 0) is 90.4 Å². The van der Waals surface area contributed by atoms with Crippen LogP contribution in [0.1, 0.15) is 105 Å². The monoisotopic (exact) mass is 543 g/mol. The van der Waals surface area contributed by atoms with Gasteiger partial charge >= 0.3 is 0 Å². The van der Waals surface area contributed by atoms with Crippen molar-refractivity contribution in [2.75, 3.05) is 0 Å². The summed E-state index contributed by atoms with van der Waals surface area (Å²) in [6, 6.07) is 28.2. The molecule has 0 bridgehead atoms. The summed E-state index contributed by atoms with van der Waals surface area (Å²) in [7, 11) is 0. The molecule has 5 rings (SSSR count). The molecule has 0 radical (unpaired) electrons. The molecule has 5 aromatic rings. The maximum absolute atomic E-state index is 3.68. The van der Waals surface area contributed by atoms with Gasteiger partial charge in [0.1, 0.15) is 0 Å². The molecule has 1 N–H and O–H groups in total. The first-order valence-electron chi connectivity index (χ1n) is 15.2. The number of nitrogens with one attached hydrogen (secondary N) is 1. The van der Waals surface area contributed by atoms with E-state index in [0.717, 1.165) is 0 Å². The number of hydrogen-bond acceptors (Lipinski definition) is 0. The fourth-order valence-corrected chi connectivity index (χ4v) is 5.58. The predicted octanol–water partition coefficient (Wildman–Crippen LogP) is 11.8. The highest BCUT2D eigenvalue weighted by atomic mass is 14.7. The van der Waals surface area contributed by atoms with Crippen molar-refractivity contribution < 1.29 is 0 Å². The molecule has 0 spiro atoms. The van der Waals surface area contributed by atoms with Crippen LogP contribution in [0.5, 0.6) is 0 Å². The highest BCUT2D eigenvalue weighted by Gasteiger charge is 2.23. The molecule has 0 aliphatic carbocycles. The van der Waals surface area contributed by atoms with Gasteiger partial charge in [0.2, 0.25) is 0 Å². The summed E-state index contributed by atoms with van der Waals surface area (Å²) < 4.78 is 0. The van der Waals surface area contributed by atoms with Crippen LogP contribution in [0.4, 0.5) is 0 Å². The molecule has 0 saturated carbocycles. The van der Waals surface area contributed by atoms with E-state index in [2.05, 4.69) is 161 Å². The summed E-state index contributed by atoms with van der Waals surface area (Å²) in [5, 5.41) is 2.56. The van der Waals surface area contributed by atoms with Gasteiger partial charge in [0.25, 0.3) is 0 Å².